The van der Waals surface area contributed by atoms with Gasteiger partial charge in [0.1, 0.15) is 21.5 Å². The van der Waals surface area contributed by atoms with Gasteiger partial charge in [-0.2, -0.15) is 0 Å². The van der Waals surface area contributed by atoms with Gasteiger partial charge in [-0.05, 0) is 48.0 Å². The van der Waals surface area contributed by atoms with Crippen LogP contribution in [0.5, 0.6) is 11.5 Å². The van der Waals surface area contributed by atoms with E-state index in [1.807, 2.05) is 24.3 Å². The average Bonchev–Trinajstić information content (AvgIpc) is 3.73. The van der Waals surface area contributed by atoms with Crippen molar-refractivity contribution in [2.75, 3.05) is 37.9 Å². The lowest BCUT2D eigenvalue weighted by molar-refractivity contribution is -0.122. The van der Waals surface area contributed by atoms with Gasteiger partial charge in [-0.1, -0.05) is 36.1 Å². The van der Waals surface area contributed by atoms with Crippen LogP contribution in [0.1, 0.15) is 16.9 Å². The lowest BCUT2D eigenvalue weighted by Gasteiger charge is -2.36. The van der Waals surface area contributed by atoms with E-state index in [0.29, 0.717) is 45.1 Å². The predicted octanol–water partition coefficient (Wildman–Crippen LogP) is 3.74. The molecule has 0 aliphatic carbocycles. The molecule has 208 valence electrons. The fourth-order valence-corrected chi connectivity index (χ4v) is 6.44. The van der Waals surface area contributed by atoms with E-state index in [1.54, 1.807) is 36.7 Å². The Morgan fingerprint density at radius 1 is 0.976 bits per heavy atom. The highest BCUT2D eigenvalue weighted by Gasteiger charge is 2.34. The first-order valence-corrected chi connectivity index (χ1v) is 14.4. The molecule has 3 aromatic heterocycles. The van der Waals surface area contributed by atoms with E-state index >= 15 is 0 Å². The number of pyridine rings is 1. The highest BCUT2D eigenvalue weighted by Crippen LogP contribution is 2.35. The summed E-state index contributed by atoms with van der Waals surface area (Å²) in [4.78, 5) is 38.3. The van der Waals surface area contributed by atoms with E-state index in [4.69, 9.17) is 31.1 Å². The number of amides is 1. The third-order valence-corrected chi connectivity index (χ3v) is 8.68. The summed E-state index contributed by atoms with van der Waals surface area (Å²) in [6.45, 7) is 4.21. The molecule has 4 aromatic rings. The molecule has 0 saturated carbocycles. The Morgan fingerprint density at radius 3 is 2.66 bits per heavy atom. The molecule has 0 radical (unpaired) electrons. The van der Waals surface area contributed by atoms with Crippen LogP contribution in [-0.2, 0) is 17.9 Å². The molecule has 0 spiro atoms. The smallest absolute Gasteiger partial charge is 0.267 e. The molecule has 0 atom stereocenters. The Hall–Kier alpha value is -4.13. The van der Waals surface area contributed by atoms with Crippen LogP contribution < -0.4 is 19.9 Å². The second-order valence-corrected chi connectivity index (χ2v) is 11.6. The highest BCUT2D eigenvalue weighted by atomic mass is 32.2. The molecule has 6 heterocycles. The molecule has 3 aliphatic heterocycles. The molecule has 3 aliphatic rings. The van der Waals surface area contributed by atoms with Gasteiger partial charge in [0.15, 0.2) is 11.5 Å². The van der Waals surface area contributed by atoms with Crippen molar-refractivity contribution in [3.05, 3.63) is 93.1 Å². The van der Waals surface area contributed by atoms with Crippen LogP contribution in [0.4, 0.5) is 5.82 Å². The van der Waals surface area contributed by atoms with Crippen molar-refractivity contribution < 1.29 is 18.7 Å². The number of benzene rings is 1. The number of thioether (sulfide) groups is 1. The Morgan fingerprint density at radius 2 is 1.83 bits per heavy atom. The molecule has 12 heteroatoms. The van der Waals surface area contributed by atoms with Gasteiger partial charge >= 0.3 is 0 Å². The topological polar surface area (TPSA) is 92.8 Å². The fourth-order valence-electron chi connectivity index (χ4n) is 5.20. The molecule has 2 fully saturated rings. The summed E-state index contributed by atoms with van der Waals surface area (Å²) in [6.07, 6.45) is 4.90. The number of ether oxygens (including phenoxy) is 2. The average molecular weight is 588 g/mol. The molecule has 41 heavy (non-hydrogen) atoms. The summed E-state index contributed by atoms with van der Waals surface area (Å²) < 4.78 is 18.3. The van der Waals surface area contributed by atoms with E-state index in [2.05, 4.69) is 15.9 Å². The number of carbonyl (C=O) groups is 1. The van der Waals surface area contributed by atoms with E-state index in [9.17, 15) is 9.59 Å². The van der Waals surface area contributed by atoms with E-state index < -0.39 is 0 Å². The summed E-state index contributed by atoms with van der Waals surface area (Å²) >= 11 is 6.68. The summed E-state index contributed by atoms with van der Waals surface area (Å²) in [5.74, 6) is 2.50. The zero-order chi connectivity index (χ0) is 27.9. The number of thiocarbonyl (C=S) groups is 1. The van der Waals surface area contributed by atoms with Crippen molar-refractivity contribution >= 4 is 51.7 Å². The first kappa shape index (κ1) is 25.8. The third-order valence-electron chi connectivity index (χ3n) is 7.31. The maximum absolute atomic E-state index is 13.7. The standard InChI is InChI=1S/C29H25N5O5S2/c35-27-21(15-24-28(36)34(29(40)41-24)17-20-4-3-13-37-20)26(30-25-5-1-2-8-33(25)27)32-11-9-31(10-12-32)16-19-6-7-22-23(14-19)39-18-38-22/h1-8,13-15H,9-12,16-18H2/b24-15-. The molecule has 7 rings (SSSR count). The highest BCUT2D eigenvalue weighted by molar-refractivity contribution is 8.26. The second-order valence-electron chi connectivity index (χ2n) is 9.88. The van der Waals surface area contributed by atoms with Gasteiger partial charge in [-0.25, -0.2) is 4.98 Å². The van der Waals surface area contributed by atoms with Crippen LogP contribution in [0.2, 0.25) is 0 Å². The van der Waals surface area contributed by atoms with Gasteiger partial charge in [-0.15, -0.1) is 0 Å². The lowest BCUT2D eigenvalue weighted by atomic mass is 10.1. The first-order valence-electron chi connectivity index (χ1n) is 13.2. The van der Waals surface area contributed by atoms with Crippen LogP contribution in [0.25, 0.3) is 11.7 Å². The third kappa shape index (κ3) is 4.98. The van der Waals surface area contributed by atoms with Gasteiger partial charge in [-0.3, -0.25) is 23.8 Å². The van der Waals surface area contributed by atoms with E-state index in [0.717, 1.165) is 36.7 Å². The van der Waals surface area contributed by atoms with E-state index in [1.165, 1.54) is 21.1 Å². The Balaban J connectivity index is 1.15. The molecule has 1 aromatic carbocycles. The molecule has 0 unspecified atom stereocenters. The van der Waals surface area contributed by atoms with Crippen LogP contribution in [0.3, 0.4) is 0 Å². The van der Waals surface area contributed by atoms with E-state index in [-0.39, 0.29) is 24.8 Å². The summed E-state index contributed by atoms with van der Waals surface area (Å²) in [7, 11) is 0. The number of anilines is 1. The van der Waals surface area contributed by atoms with Gasteiger partial charge < -0.3 is 18.8 Å². The zero-order valence-electron chi connectivity index (χ0n) is 21.9. The number of hydrogen-bond donors (Lipinski definition) is 0. The largest absolute Gasteiger partial charge is 0.467 e. The number of aromatic nitrogens is 2. The monoisotopic (exact) mass is 587 g/mol. The maximum atomic E-state index is 13.7. The van der Waals surface area contributed by atoms with Crippen LogP contribution in [-0.4, -0.2) is 62.4 Å². The minimum absolute atomic E-state index is 0.232. The van der Waals surface area contributed by atoms with Crippen molar-refractivity contribution in [1.29, 1.82) is 0 Å². The lowest BCUT2D eigenvalue weighted by Crippen LogP contribution is -2.47. The van der Waals surface area contributed by atoms with Gasteiger partial charge in [0.2, 0.25) is 6.79 Å². The van der Waals surface area contributed by atoms with Gasteiger partial charge in [0.25, 0.3) is 11.5 Å². The van der Waals surface area contributed by atoms with Crippen molar-refractivity contribution in [2.24, 2.45) is 0 Å². The van der Waals surface area contributed by atoms with Crippen LogP contribution in [0.15, 0.2) is 75.1 Å². The molecular formula is C29H25N5O5S2. The molecule has 0 bridgehead atoms. The molecule has 1 amide bonds. The Kier molecular flexibility index (Phi) is 6.73. The first-order chi connectivity index (χ1) is 20.0. The SMILES string of the molecule is O=C1/C(=C/c2c(N3CCN(Cc4ccc5c(c4)OCO5)CC3)nc3ccccn3c2=O)SC(=S)N1Cc1ccco1. The number of fused-ring (bicyclic) bond motifs is 2. The number of furan rings is 1. The van der Waals surface area contributed by atoms with Crippen molar-refractivity contribution in [2.45, 2.75) is 13.1 Å². The van der Waals surface area contributed by atoms with Crippen molar-refractivity contribution in [3.63, 3.8) is 0 Å². The second kappa shape index (κ2) is 10.7. The summed E-state index contributed by atoms with van der Waals surface area (Å²) in [5, 5.41) is 0. The van der Waals surface area contributed by atoms with Gasteiger partial charge in [0, 0.05) is 38.9 Å². The van der Waals surface area contributed by atoms with Gasteiger partial charge in [0.05, 0.1) is 23.3 Å². The number of carbonyl (C=O) groups excluding carboxylic acids is 1. The molecular weight excluding hydrogens is 562 g/mol. The number of piperazine rings is 1. The zero-order valence-corrected chi connectivity index (χ0v) is 23.5. The minimum atomic E-state index is -0.256. The molecule has 2 saturated heterocycles. The number of hydrogen-bond acceptors (Lipinski definition) is 10. The predicted molar refractivity (Wildman–Crippen MR) is 159 cm³/mol. The summed E-state index contributed by atoms with van der Waals surface area (Å²) in [5.41, 5.74) is 1.85. The summed E-state index contributed by atoms with van der Waals surface area (Å²) in [6, 6.07) is 15.1. The van der Waals surface area contributed by atoms with Crippen LogP contribution >= 0.6 is 24.0 Å². The molecule has 0 N–H and O–H groups in total. The number of nitrogens with zero attached hydrogens (tertiary/aromatic N) is 5. The van der Waals surface area contributed by atoms with Crippen LogP contribution in [0, 0.1) is 0 Å². The quantitative estimate of drug-likeness (QED) is 0.245. The minimum Gasteiger partial charge on any atom is -0.467 e. The van der Waals surface area contributed by atoms with Crippen molar-refractivity contribution in [1.82, 2.24) is 19.2 Å². The number of rotatable bonds is 6. The fraction of sp³-hybridized carbons (Fsp3) is 0.241. The Labute approximate surface area is 244 Å². The Bertz CT molecular complexity index is 1740. The van der Waals surface area contributed by atoms with Crippen molar-refractivity contribution in [3.8, 4) is 11.5 Å². The normalized spacial score (nSPS) is 18.3. The molecule has 10 nitrogen and oxygen atoms in total. The maximum Gasteiger partial charge on any atom is 0.267 e.